The van der Waals surface area contributed by atoms with Gasteiger partial charge in [0.05, 0.1) is 11.5 Å². The van der Waals surface area contributed by atoms with E-state index in [1.807, 2.05) is 0 Å². The second kappa shape index (κ2) is 4.52. The Bertz CT molecular complexity index is 656. The summed E-state index contributed by atoms with van der Waals surface area (Å²) in [6.07, 6.45) is 3.36. The average molecular weight is 264 g/mol. The van der Waals surface area contributed by atoms with Gasteiger partial charge in [0.15, 0.2) is 0 Å². The summed E-state index contributed by atoms with van der Waals surface area (Å²) in [6, 6.07) is 0. The van der Waals surface area contributed by atoms with Crippen molar-refractivity contribution in [2.24, 2.45) is 12.8 Å². The molecule has 2 N–H and O–H groups in total. The topological polar surface area (TPSA) is 122 Å². The van der Waals surface area contributed by atoms with Crippen LogP contribution >= 0.6 is 0 Å². The quantitative estimate of drug-likeness (QED) is 0.614. The van der Waals surface area contributed by atoms with Crippen molar-refractivity contribution in [3.8, 4) is 0 Å². The van der Waals surface area contributed by atoms with Crippen molar-refractivity contribution in [2.45, 2.75) is 13.5 Å². The van der Waals surface area contributed by atoms with E-state index >= 15 is 0 Å². The summed E-state index contributed by atoms with van der Waals surface area (Å²) in [4.78, 5) is 25.6. The predicted molar refractivity (Wildman–Crippen MR) is 64.4 cm³/mol. The van der Waals surface area contributed by atoms with Crippen LogP contribution in [-0.4, -0.2) is 30.2 Å². The molecule has 0 aliphatic carbocycles. The summed E-state index contributed by atoms with van der Waals surface area (Å²) in [5.41, 5.74) is 4.67. The summed E-state index contributed by atoms with van der Waals surface area (Å²) in [5, 5.41) is 14.8. The monoisotopic (exact) mass is 264 g/mol. The number of carbonyl (C=O) groups is 1. The van der Waals surface area contributed by atoms with Crippen LogP contribution in [0.1, 0.15) is 22.0 Å². The number of nitro groups is 1. The van der Waals surface area contributed by atoms with Crippen molar-refractivity contribution in [3.63, 3.8) is 0 Å². The third-order valence-electron chi connectivity index (χ3n) is 2.80. The number of nitrogens with zero attached hydrogens (tertiary/aromatic N) is 5. The first-order valence-electron chi connectivity index (χ1n) is 5.39. The minimum Gasteiger partial charge on any atom is -0.364 e. The van der Waals surface area contributed by atoms with Gasteiger partial charge in [0.2, 0.25) is 5.69 Å². The molecule has 0 aliphatic heterocycles. The van der Waals surface area contributed by atoms with Crippen LogP contribution in [0.25, 0.3) is 0 Å². The van der Waals surface area contributed by atoms with E-state index in [0.29, 0.717) is 5.82 Å². The molecular weight excluding hydrogens is 252 g/mol. The molecular formula is C10H12N6O3. The van der Waals surface area contributed by atoms with Gasteiger partial charge in [-0.15, -0.1) is 0 Å². The third kappa shape index (κ3) is 2.17. The molecule has 19 heavy (non-hydrogen) atoms. The fraction of sp³-hybridized carbons (Fsp3) is 0.300. The molecule has 9 nitrogen and oxygen atoms in total. The maximum atomic E-state index is 11.2. The van der Waals surface area contributed by atoms with E-state index in [1.165, 1.54) is 11.6 Å². The maximum absolute atomic E-state index is 11.2. The molecule has 0 aromatic carbocycles. The first-order chi connectivity index (χ1) is 8.91. The fourth-order valence-electron chi connectivity index (χ4n) is 1.76. The van der Waals surface area contributed by atoms with E-state index < -0.39 is 10.8 Å². The standard InChI is InChI=1S/C10H12N6O3/c1-6-9(16(18)19)8(10(11)17)13-15(6)5-7-12-3-4-14(7)2/h3-4H,5H2,1-2H3,(H2,11,17). The Labute approximate surface area is 107 Å². The number of primary amides is 1. The van der Waals surface area contributed by atoms with Gasteiger partial charge in [0, 0.05) is 19.4 Å². The molecule has 0 radical (unpaired) electrons. The highest BCUT2D eigenvalue weighted by Crippen LogP contribution is 2.22. The smallest absolute Gasteiger partial charge is 0.322 e. The average Bonchev–Trinajstić information content (AvgIpc) is 2.85. The van der Waals surface area contributed by atoms with E-state index in [-0.39, 0.29) is 23.6 Å². The molecule has 0 atom stereocenters. The van der Waals surface area contributed by atoms with Crippen molar-refractivity contribution in [1.82, 2.24) is 19.3 Å². The Morgan fingerprint density at radius 1 is 1.58 bits per heavy atom. The Morgan fingerprint density at radius 3 is 2.68 bits per heavy atom. The van der Waals surface area contributed by atoms with E-state index in [4.69, 9.17) is 5.73 Å². The number of carbonyl (C=O) groups excluding carboxylic acids is 1. The van der Waals surface area contributed by atoms with Gasteiger partial charge in [-0.2, -0.15) is 5.10 Å². The lowest BCUT2D eigenvalue weighted by molar-refractivity contribution is -0.385. The summed E-state index contributed by atoms with van der Waals surface area (Å²) in [7, 11) is 1.80. The van der Waals surface area contributed by atoms with Crippen LogP contribution in [0, 0.1) is 17.0 Å². The van der Waals surface area contributed by atoms with Crippen LogP contribution < -0.4 is 5.73 Å². The maximum Gasteiger partial charge on any atom is 0.322 e. The number of imidazole rings is 1. The summed E-state index contributed by atoms with van der Waals surface area (Å²) >= 11 is 0. The zero-order valence-electron chi connectivity index (χ0n) is 10.4. The van der Waals surface area contributed by atoms with Crippen LogP contribution in [0.4, 0.5) is 5.69 Å². The van der Waals surface area contributed by atoms with Crippen LogP contribution in [0.3, 0.4) is 0 Å². The van der Waals surface area contributed by atoms with Crippen molar-refractivity contribution in [2.75, 3.05) is 0 Å². The zero-order valence-corrected chi connectivity index (χ0v) is 10.4. The summed E-state index contributed by atoms with van der Waals surface area (Å²) in [5.74, 6) is -0.259. The number of hydrogen-bond acceptors (Lipinski definition) is 5. The number of amides is 1. The largest absolute Gasteiger partial charge is 0.364 e. The molecule has 0 aliphatic rings. The zero-order chi connectivity index (χ0) is 14.2. The number of nitrogens with two attached hydrogens (primary N) is 1. The van der Waals surface area contributed by atoms with E-state index in [0.717, 1.165) is 0 Å². The Balaban J connectivity index is 2.48. The number of hydrogen-bond donors (Lipinski definition) is 1. The Hall–Kier alpha value is -2.71. The molecule has 0 fully saturated rings. The lowest BCUT2D eigenvalue weighted by Crippen LogP contribution is -2.14. The van der Waals surface area contributed by atoms with Crippen molar-refractivity contribution < 1.29 is 9.72 Å². The van der Waals surface area contributed by atoms with Crippen LogP contribution in [-0.2, 0) is 13.6 Å². The van der Waals surface area contributed by atoms with Crippen LogP contribution in [0.15, 0.2) is 12.4 Å². The highest BCUT2D eigenvalue weighted by atomic mass is 16.6. The van der Waals surface area contributed by atoms with Gasteiger partial charge in [-0.25, -0.2) is 4.98 Å². The van der Waals surface area contributed by atoms with E-state index in [1.54, 1.807) is 24.0 Å². The van der Waals surface area contributed by atoms with Gasteiger partial charge in [-0.05, 0) is 6.92 Å². The Kier molecular flexibility index (Phi) is 3.03. The molecule has 1 amide bonds. The first-order valence-corrected chi connectivity index (χ1v) is 5.39. The first kappa shape index (κ1) is 12.7. The molecule has 0 spiro atoms. The molecule has 0 saturated carbocycles. The van der Waals surface area contributed by atoms with Crippen molar-refractivity contribution in [3.05, 3.63) is 39.7 Å². The second-order valence-corrected chi connectivity index (χ2v) is 4.02. The Morgan fingerprint density at radius 2 is 2.26 bits per heavy atom. The molecule has 0 unspecified atom stereocenters. The lowest BCUT2D eigenvalue weighted by atomic mass is 10.3. The fourth-order valence-corrected chi connectivity index (χ4v) is 1.76. The van der Waals surface area contributed by atoms with Gasteiger partial charge in [0.1, 0.15) is 11.5 Å². The summed E-state index contributed by atoms with van der Waals surface area (Å²) in [6.45, 7) is 1.74. The van der Waals surface area contributed by atoms with Gasteiger partial charge in [-0.1, -0.05) is 0 Å². The highest BCUT2D eigenvalue weighted by molar-refractivity contribution is 5.95. The number of rotatable bonds is 4. The SMILES string of the molecule is Cc1c([N+](=O)[O-])c(C(N)=O)nn1Cc1nccn1C. The molecule has 9 heteroatoms. The normalized spacial score (nSPS) is 10.6. The van der Waals surface area contributed by atoms with E-state index in [9.17, 15) is 14.9 Å². The minimum absolute atomic E-state index is 0.226. The minimum atomic E-state index is -0.923. The van der Waals surface area contributed by atoms with Crippen molar-refractivity contribution in [1.29, 1.82) is 0 Å². The number of aromatic nitrogens is 4. The summed E-state index contributed by atoms with van der Waals surface area (Å²) < 4.78 is 3.11. The van der Waals surface area contributed by atoms with Gasteiger partial charge in [0.25, 0.3) is 5.91 Å². The number of aryl methyl sites for hydroxylation is 1. The van der Waals surface area contributed by atoms with Gasteiger partial charge < -0.3 is 10.3 Å². The molecule has 2 aromatic heterocycles. The molecule has 2 aromatic rings. The lowest BCUT2D eigenvalue weighted by Gasteiger charge is -2.03. The highest BCUT2D eigenvalue weighted by Gasteiger charge is 2.28. The van der Waals surface area contributed by atoms with Gasteiger partial charge >= 0.3 is 5.69 Å². The molecule has 2 rings (SSSR count). The third-order valence-corrected chi connectivity index (χ3v) is 2.80. The molecule has 2 heterocycles. The molecule has 0 bridgehead atoms. The van der Waals surface area contributed by atoms with Crippen LogP contribution in [0.5, 0.6) is 0 Å². The second-order valence-electron chi connectivity index (χ2n) is 4.02. The molecule has 0 saturated heterocycles. The van der Waals surface area contributed by atoms with Crippen LogP contribution in [0.2, 0.25) is 0 Å². The van der Waals surface area contributed by atoms with Gasteiger partial charge in [-0.3, -0.25) is 19.6 Å². The molecule has 100 valence electrons. The van der Waals surface area contributed by atoms with Crippen molar-refractivity contribution >= 4 is 11.6 Å². The van der Waals surface area contributed by atoms with E-state index in [2.05, 4.69) is 10.1 Å². The predicted octanol–water partition coefficient (Wildman–Crippen LogP) is -0.0196.